The lowest BCUT2D eigenvalue weighted by molar-refractivity contribution is 1.07. The van der Waals surface area contributed by atoms with Crippen LogP contribution in [0.15, 0.2) is 200 Å². The molecule has 3 nitrogen and oxygen atoms in total. The second-order valence-corrected chi connectivity index (χ2v) is 14.7. The van der Waals surface area contributed by atoms with Crippen LogP contribution >= 0.6 is 11.3 Å². The lowest BCUT2D eigenvalue weighted by Gasteiger charge is -2.14. The Bertz CT molecular complexity index is 2840. The van der Waals surface area contributed by atoms with Crippen molar-refractivity contribution in [3.8, 4) is 78.7 Å². The molecule has 0 amide bonds. The van der Waals surface area contributed by atoms with Crippen LogP contribution in [-0.4, -0.2) is 15.0 Å². The predicted octanol–water partition coefficient (Wildman–Crippen LogP) is 13.9. The highest BCUT2D eigenvalue weighted by Crippen LogP contribution is 2.44. The van der Waals surface area contributed by atoms with Gasteiger partial charge in [0.2, 0.25) is 0 Å². The minimum atomic E-state index is 0.639. The maximum Gasteiger partial charge on any atom is 0.164 e. The number of nitrogens with zero attached hydrogens (tertiary/aromatic N) is 3. The van der Waals surface area contributed by atoms with Crippen LogP contribution in [0.25, 0.3) is 98.8 Å². The van der Waals surface area contributed by atoms with Crippen LogP contribution in [-0.2, 0) is 0 Å². The minimum absolute atomic E-state index is 0.639. The van der Waals surface area contributed by atoms with Gasteiger partial charge in [-0.1, -0.05) is 158 Å². The fourth-order valence-electron chi connectivity index (χ4n) is 7.40. The fraction of sp³-hybridized carbons (Fsp3) is 0. The Morgan fingerprint density at radius 1 is 0.273 bits per heavy atom. The van der Waals surface area contributed by atoms with Crippen molar-refractivity contribution in [2.24, 2.45) is 0 Å². The van der Waals surface area contributed by atoms with Gasteiger partial charge in [-0.15, -0.1) is 11.3 Å². The number of hydrogen-bond acceptors (Lipinski definition) is 4. The molecule has 10 aromatic rings. The zero-order chi connectivity index (χ0) is 36.6. The predicted molar refractivity (Wildman–Crippen MR) is 231 cm³/mol. The molecule has 0 radical (unpaired) electrons. The third-order valence-corrected chi connectivity index (χ3v) is 11.2. The fourth-order valence-corrected chi connectivity index (χ4v) is 8.57. The molecule has 0 aliphatic rings. The Kier molecular flexibility index (Phi) is 8.36. The average Bonchev–Trinajstić information content (AvgIpc) is 3.66. The van der Waals surface area contributed by atoms with Gasteiger partial charge in [-0.3, -0.25) is 0 Å². The SMILES string of the molecule is c1ccc(-c2cc(-c3ccccc3)cc(-c3cc(-c4cccc(-c5nc(-c6ccccc6)nc(-c6ccccc6)n5)c4)c4c(c3)sc3ccccc34)c2)cc1. The summed E-state index contributed by atoms with van der Waals surface area (Å²) >= 11 is 1.85. The summed E-state index contributed by atoms with van der Waals surface area (Å²) in [6, 6.07) is 70.7. The van der Waals surface area contributed by atoms with E-state index in [0.29, 0.717) is 17.5 Å². The Labute approximate surface area is 323 Å². The van der Waals surface area contributed by atoms with Gasteiger partial charge >= 0.3 is 0 Å². The first-order chi connectivity index (χ1) is 27.2. The molecule has 0 saturated carbocycles. The summed E-state index contributed by atoms with van der Waals surface area (Å²) in [5.41, 5.74) is 12.2. The van der Waals surface area contributed by atoms with Gasteiger partial charge in [0, 0.05) is 36.9 Å². The average molecular weight is 720 g/mol. The Morgan fingerprint density at radius 3 is 1.24 bits per heavy atom. The molecule has 0 fully saturated rings. The topological polar surface area (TPSA) is 38.7 Å². The second-order valence-electron chi connectivity index (χ2n) is 13.6. The molecule has 0 N–H and O–H groups in total. The van der Waals surface area contributed by atoms with Gasteiger partial charge in [-0.2, -0.15) is 0 Å². The van der Waals surface area contributed by atoms with Gasteiger partial charge in [0.25, 0.3) is 0 Å². The highest BCUT2D eigenvalue weighted by Gasteiger charge is 2.18. The Morgan fingerprint density at radius 2 is 0.673 bits per heavy atom. The van der Waals surface area contributed by atoms with Crippen LogP contribution in [0.4, 0.5) is 0 Å². The zero-order valence-electron chi connectivity index (χ0n) is 29.8. The number of hydrogen-bond donors (Lipinski definition) is 0. The van der Waals surface area contributed by atoms with Crippen molar-refractivity contribution in [1.82, 2.24) is 15.0 Å². The molecule has 0 aliphatic carbocycles. The molecule has 0 aliphatic heterocycles. The third kappa shape index (κ3) is 6.39. The first kappa shape index (κ1) is 32.6. The van der Waals surface area contributed by atoms with Gasteiger partial charge in [0.15, 0.2) is 17.5 Å². The van der Waals surface area contributed by atoms with Crippen molar-refractivity contribution in [2.45, 2.75) is 0 Å². The molecular weight excluding hydrogens is 687 g/mol. The highest BCUT2D eigenvalue weighted by molar-refractivity contribution is 7.26. The van der Waals surface area contributed by atoms with E-state index in [4.69, 9.17) is 15.0 Å². The molecule has 0 atom stereocenters. The standard InChI is InChI=1S/C51H33N3S/c1-5-16-34(17-6-1)40-29-41(35-18-7-2-8-19-35)31-42(30-40)43-32-45(48-44-26-13-14-27-46(44)55-47(48)33-43)38-24-15-25-39(28-38)51-53-49(36-20-9-3-10-21-36)52-50(54-51)37-22-11-4-12-23-37/h1-33H. The molecule has 2 aromatic heterocycles. The summed E-state index contributed by atoms with van der Waals surface area (Å²) < 4.78 is 2.52. The quantitative estimate of drug-likeness (QED) is 0.165. The van der Waals surface area contributed by atoms with E-state index in [9.17, 15) is 0 Å². The van der Waals surface area contributed by atoms with E-state index in [0.717, 1.165) is 22.3 Å². The van der Waals surface area contributed by atoms with E-state index in [1.165, 1.54) is 59.1 Å². The van der Waals surface area contributed by atoms with Gasteiger partial charge < -0.3 is 0 Å². The van der Waals surface area contributed by atoms with Crippen molar-refractivity contribution in [1.29, 1.82) is 0 Å². The van der Waals surface area contributed by atoms with Crippen molar-refractivity contribution in [3.63, 3.8) is 0 Å². The van der Waals surface area contributed by atoms with Gasteiger partial charge in [-0.05, 0) is 87.0 Å². The smallest absolute Gasteiger partial charge is 0.164 e. The molecule has 4 heteroatoms. The van der Waals surface area contributed by atoms with Crippen LogP contribution in [0, 0.1) is 0 Å². The summed E-state index contributed by atoms with van der Waals surface area (Å²) in [6.45, 7) is 0. The Balaban J connectivity index is 1.18. The molecular formula is C51H33N3S. The maximum absolute atomic E-state index is 5.06. The molecule has 0 saturated heterocycles. The van der Waals surface area contributed by atoms with Crippen molar-refractivity contribution >= 4 is 31.5 Å². The van der Waals surface area contributed by atoms with E-state index in [-0.39, 0.29) is 0 Å². The molecule has 8 aromatic carbocycles. The van der Waals surface area contributed by atoms with Crippen LogP contribution in [0.2, 0.25) is 0 Å². The van der Waals surface area contributed by atoms with Crippen LogP contribution < -0.4 is 0 Å². The van der Waals surface area contributed by atoms with Crippen LogP contribution in [0.5, 0.6) is 0 Å². The maximum atomic E-state index is 5.06. The summed E-state index contributed by atoms with van der Waals surface area (Å²) in [7, 11) is 0. The molecule has 258 valence electrons. The molecule has 55 heavy (non-hydrogen) atoms. The van der Waals surface area contributed by atoms with Gasteiger partial charge in [0.1, 0.15) is 0 Å². The van der Waals surface area contributed by atoms with E-state index in [2.05, 4.69) is 140 Å². The zero-order valence-corrected chi connectivity index (χ0v) is 30.6. The van der Waals surface area contributed by atoms with Crippen molar-refractivity contribution < 1.29 is 0 Å². The van der Waals surface area contributed by atoms with E-state index < -0.39 is 0 Å². The van der Waals surface area contributed by atoms with Crippen molar-refractivity contribution in [2.75, 3.05) is 0 Å². The summed E-state index contributed by atoms with van der Waals surface area (Å²) in [6.07, 6.45) is 0. The largest absolute Gasteiger partial charge is 0.208 e. The van der Waals surface area contributed by atoms with Crippen LogP contribution in [0.1, 0.15) is 0 Å². The van der Waals surface area contributed by atoms with Crippen LogP contribution in [0.3, 0.4) is 0 Å². The summed E-state index contributed by atoms with van der Waals surface area (Å²) in [5, 5.41) is 2.52. The molecule has 0 unspecified atom stereocenters. The van der Waals surface area contributed by atoms with Gasteiger partial charge in [0.05, 0.1) is 0 Å². The number of benzene rings is 8. The first-order valence-electron chi connectivity index (χ1n) is 18.4. The van der Waals surface area contributed by atoms with Crippen molar-refractivity contribution in [3.05, 3.63) is 200 Å². The Hall–Kier alpha value is -7.01. The number of rotatable bonds is 7. The number of aromatic nitrogens is 3. The lowest BCUT2D eigenvalue weighted by Crippen LogP contribution is -2.00. The normalized spacial score (nSPS) is 11.3. The molecule has 2 heterocycles. The molecule has 10 rings (SSSR count). The monoisotopic (exact) mass is 719 g/mol. The minimum Gasteiger partial charge on any atom is -0.208 e. The molecule has 0 spiro atoms. The third-order valence-electron chi connectivity index (χ3n) is 10.1. The lowest BCUT2D eigenvalue weighted by atomic mass is 9.90. The summed E-state index contributed by atoms with van der Waals surface area (Å²) in [4.78, 5) is 15.0. The highest BCUT2D eigenvalue weighted by atomic mass is 32.1. The second kappa shape index (κ2) is 14.1. The number of thiophene rings is 1. The van der Waals surface area contributed by atoms with E-state index in [1.54, 1.807) is 0 Å². The number of fused-ring (bicyclic) bond motifs is 3. The van der Waals surface area contributed by atoms with E-state index in [1.807, 2.05) is 72.0 Å². The van der Waals surface area contributed by atoms with E-state index >= 15 is 0 Å². The van der Waals surface area contributed by atoms with Gasteiger partial charge in [-0.25, -0.2) is 15.0 Å². The molecule has 0 bridgehead atoms. The first-order valence-corrected chi connectivity index (χ1v) is 19.2. The summed E-state index contributed by atoms with van der Waals surface area (Å²) in [5.74, 6) is 1.94.